The third-order valence-corrected chi connectivity index (χ3v) is 5.17. The van der Waals surface area contributed by atoms with Gasteiger partial charge in [0.2, 0.25) is 0 Å². The maximum Gasteiger partial charge on any atom is 0.138 e. The van der Waals surface area contributed by atoms with Crippen molar-refractivity contribution < 1.29 is 9.50 Å². The summed E-state index contributed by atoms with van der Waals surface area (Å²) in [5.41, 5.74) is 0.288. The molecule has 0 amide bonds. The van der Waals surface area contributed by atoms with E-state index in [1.165, 1.54) is 18.5 Å². The number of aromatic nitrogens is 5. The Hall–Kier alpha value is -1.80. The van der Waals surface area contributed by atoms with E-state index in [0.29, 0.717) is 25.2 Å². The van der Waals surface area contributed by atoms with E-state index in [2.05, 4.69) is 31.1 Å². The van der Waals surface area contributed by atoms with Crippen molar-refractivity contribution in [2.24, 2.45) is 0 Å². The van der Waals surface area contributed by atoms with Gasteiger partial charge in [-0.1, -0.05) is 6.08 Å². The molecule has 0 bridgehead atoms. The Balaban J connectivity index is 1.97. The lowest BCUT2D eigenvalue weighted by Gasteiger charge is -2.30. The molecule has 3 rings (SSSR count). The molecule has 0 aromatic carbocycles. The fraction of sp³-hybridized carbons (Fsp3) is 0.438. The van der Waals surface area contributed by atoms with Gasteiger partial charge in [0, 0.05) is 18.7 Å². The van der Waals surface area contributed by atoms with Crippen molar-refractivity contribution in [1.29, 1.82) is 0 Å². The van der Waals surface area contributed by atoms with Crippen molar-refractivity contribution in [2.75, 3.05) is 6.61 Å². The fourth-order valence-electron chi connectivity index (χ4n) is 3.06. The predicted octanol–water partition coefficient (Wildman–Crippen LogP) is 2.74. The second-order valence-corrected chi connectivity index (χ2v) is 6.53. The van der Waals surface area contributed by atoms with Gasteiger partial charge in [0.15, 0.2) is 0 Å². The molecule has 128 valence electrons. The molecule has 0 radical (unpaired) electrons. The van der Waals surface area contributed by atoms with Gasteiger partial charge in [0.1, 0.15) is 22.6 Å². The van der Waals surface area contributed by atoms with E-state index in [4.69, 9.17) is 0 Å². The summed E-state index contributed by atoms with van der Waals surface area (Å²) in [5, 5.41) is 18.1. The van der Waals surface area contributed by atoms with Gasteiger partial charge in [-0.2, -0.15) is 10.2 Å². The van der Waals surface area contributed by atoms with Crippen LogP contribution in [0.5, 0.6) is 0 Å². The zero-order valence-electron chi connectivity index (χ0n) is 13.4. The molecule has 0 spiro atoms. The molecular weight excluding hydrogens is 377 g/mol. The van der Waals surface area contributed by atoms with Crippen LogP contribution >= 0.6 is 15.9 Å². The predicted molar refractivity (Wildman–Crippen MR) is 91.1 cm³/mol. The van der Waals surface area contributed by atoms with Gasteiger partial charge in [0.25, 0.3) is 0 Å². The molecule has 1 aliphatic rings. The summed E-state index contributed by atoms with van der Waals surface area (Å²) in [5.74, 6) is 0.330. The van der Waals surface area contributed by atoms with Crippen molar-refractivity contribution in [3.63, 3.8) is 0 Å². The molecular formula is C16H19BrFN5O. The van der Waals surface area contributed by atoms with E-state index < -0.39 is 5.41 Å². The standard InChI is InChI=1S/C16H19BrFN5O/c1-2-22-14(17)12(9-20-22)10-23-15(19-11-21-23)16(6-7-24)5-3-4-13(18)8-16/h3-4,8-9,11,24H,2,5-7,10H2,1H3. The third-order valence-electron chi connectivity index (χ3n) is 4.26. The van der Waals surface area contributed by atoms with Crippen molar-refractivity contribution in [1.82, 2.24) is 24.5 Å². The highest BCUT2D eigenvalue weighted by molar-refractivity contribution is 9.10. The minimum absolute atomic E-state index is 0.0536. The number of aryl methyl sites for hydroxylation is 1. The Morgan fingerprint density at radius 1 is 1.38 bits per heavy atom. The van der Waals surface area contributed by atoms with Gasteiger partial charge >= 0.3 is 0 Å². The average Bonchev–Trinajstić information content (AvgIpc) is 3.16. The first kappa shape index (κ1) is 17.0. The van der Waals surface area contributed by atoms with Crippen LogP contribution < -0.4 is 0 Å². The summed E-state index contributed by atoms with van der Waals surface area (Å²) in [6.45, 7) is 3.20. The molecule has 1 N–H and O–H groups in total. The highest BCUT2D eigenvalue weighted by Gasteiger charge is 2.35. The largest absolute Gasteiger partial charge is 0.396 e. The van der Waals surface area contributed by atoms with E-state index >= 15 is 0 Å². The number of allylic oxidation sites excluding steroid dienone is 4. The number of hydrogen-bond donors (Lipinski definition) is 1. The zero-order chi connectivity index (χ0) is 17.2. The molecule has 8 heteroatoms. The summed E-state index contributed by atoms with van der Waals surface area (Å²) >= 11 is 3.55. The topological polar surface area (TPSA) is 68.8 Å². The first-order chi connectivity index (χ1) is 11.6. The lowest BCUT2D eigenvalue weighted by atomic mass is 9.77. The quantitative estimate of drug-likeness (QED) is 0.816. The molecule has 1 unspecified atom stereocenters. The number of nitrogens with zero attached hydrogens (tertiary/aromatic N) is 5. The van der Waals surface area contributed by atoms with Crippen molar-refractivity contribution >= 4 is 15.9 Å². The first-order valence-electron chi connectivity index (χ1n) is 7.84. The zero-order valence-corrected chi connectivity index (χ0v) is 14.9. The van der Waals surface area contributed by atoms with Crippen LogP contribution in [0.3, 0.4) is 0 Å². The van der Waals surface area contributed by atoms with Crippen LogP contribution in [-0.4, -0.2) is 36.3 Å². The van der Waals surface area contributed by atoms with Gasteiger partial charge in [-0.05, 0) is 47.8 Å². The summed E-state index contributed by atoms with van der Waals surface area (Å²) in [6.07, 6.45) is 8.97. The van der Waals surface area contributed by atoms with E-state index in [9.17, 15) is 9.50 Å². The number of halogens is 2. The van der Waals surface area contributed by atoms with Crippen LogP contribution in [0.15, 0.2) is 41.2 Å². The molecule has 2 aromatic heterocycles. The molecule has 0 saturated carbocycles. The second-order valence-electron chi connectivity index (χ2n) is 5.78. The normalized spacial score (nSPS) is 20.4. The number of aliphatic hydroxyl groups is 1. The van der Waals surface area contributed by atoms with Crippen molar-refractivity contribution in [3.05, 3.63) is 52.6 Å². The van der Waals surface area contributed by atoms with Crippen molar-refractivity contribution in [3.8, 4) is 0 Å². The molecule has 0 saturated heterocycles. The maximum absolute atomic E-state index is 13.9. The Bertz CT molecular complexity index is 781. The molecule has 0 aliphatic heterocycles. The Morgan fingerprint density at radius 3 is 2.88 bits per heavy atom. The highest BCUT2D eigenvalue weighted by Crippen LogP contribution is 2.37. The molecule has 24 heavy (non-hydrogen) atoms. The van der Waals surface area contributed by atoms with Gasteiger partial charge in [-0.3, -0.25) is 4.68 Å². The summed E-state index contributed by atoms with van der Waals surface area (Å²) in [6, 6.07) is 0. The molecule has 1 aliphatic carbocycles. The lowest BCUT2D eigenvalue weighted by molar-refractivity contribution is 0.247. The van der Waals surface area contributed by atoms with Crippen LogP contribution in [0.4, 0.5) is 4.39 Å². The fourth-order valence-corrected chi connectivity index (χ4v) is 3.63. The van der Waals surface area contributed by atoms with E-state index in [1.54, 1.807) is 17.0 Å². The van der Waals surface area contributed by atoms with Gasteiger partial charge in [-0.15, -0.1) is 0 Å². The second kappa shape index (κ2) is 6.98. The van der Waals surface area contributed by atoms with Gasteiger partial charge < -0.3 is 5.11 Å². The van der Waals surface area contributed by atoms with Gasteiger partial charge in [0.05, 0.1) is 18.2 Å². The smallest absolute Gasteiger partial charge is 0.138 e. The Morgan fingerprint density at radius 2 is 2.21 bits per heavy atom. The molecule has 2 heterocycles. The molecule has 2 aromatic rings. The van der Waals surface area contributed by atoms with Crippen LogP contribution in [0, 0.1) is 0 Å². The Kier molecular flexibility index (Phi) is 4.96. The van der Waals surface area contributed by atoms with Crippen LogP contribution in [-0.2, 0) is 18.5 Å². The van der Waals surface area contributed by atoms with Crippen LogP contribution in [0.25, 0.3) is 0 Å². The summed E-state index contributed by atoms with van der Waals surface area (Å²) < 4.78 is 18.4. The number of aliphatic hydroxyl groups excluding tert-OH is 1. The summed E-state index contributed by atoms with van der Waals surface area (Å²) in [4.78, 5) is 4.37. The van der Waals surface area contributed by atoms with Crippen LogP contribution in [0.2, 0.25) is 0 Å². The monoisotopic (exact) mass is 395 g/mol. The van der Waals surface area contributed by atoms with Crippen LogP contribution in [0.1, 0.15) is 31.2 Å². The molecule has 1 atom stereocenters. The average molecular weight is 396 g/mol. The third kappa shape index (κ3) is 3.08. The molecule has 6 nitrogen and oxygen atoms in total. The SMILES string of the molecule is CCn1ncc(Cn2ncnc2C2(CCO)C=C(F)C=CC2)c1Br. The minimum atomic E-state index is -0.683. The number of hydrogen-bond acceptors (Lipinski definition) is 4. The van der Waals surface area contributed by atoms with Gasteiger partial charge in [-0.25, -0.2) is 14.1 Å². The van der Waals surface area contributed by atoms with E-state index in [-0.39, 0.29) is 12.4 Å². The number of rotatable bonds is 6. The molecule has 0 fully saturated rings. The maximum atomic E-state index is 13.9. The summed E-state index contributed by atoms with van der Waals surface area (Å²) in [7, 11) is 0. The minimum Gasteiger partial charge on any atom is -0.396 e. The first-order valence-corrected chi connectivity index (χ1v) is 8.63. The van der Waals surface area contributed by atoms with E-state index in [0.717, 1.165) is 16.7 Å². The highest BCUT2D eigenvalue weighted by atomic mass is 79.9. The van der Waals surface area contributed by atoms with Crippen molar-refractivity contribution in [2.45, 2.75) is 38.3 Å². The van der Waals surface area contributed by atoms with E-state index in [1.807, 2.05) is 11.6 Å². The Labute approximate surface area is 147 Å². The lowest BCUT2D eigenvalue weighted by Crippen LogP contribution is -2.31.